The maximum atomic E-state index is 10.2. The van der Waals surface area contributed by atoms with Gasteiger partial charge in [0.15, 0.2) is 0 Å². The molecule has 1 saturated carbocycles. The summed E-state index contributed by atoms with van der Waals surface area (Å²) in [6.07, 6.45) is 11.4. The summed E-state index contributed by atoms with van der Waals surface area (Å²) in [5, 5.41) is 19.0. The number of alkyl halides is 1. The average molecular weight is 263 g/mol. The van der Waals surface area contributed by atoms with Crippen LogP contribution in [0.15, 0.2) is 0 Å². The molecule has 0 aromatic rings. The maximum Gasteiger partial charge on any atom is 0.0619 e. The summed E-state index contributed by atoms with van der Waals surface area (Å²) in [6, 6.07) is 0. The van der Waals surface area contributed by atoms with E-state index in [0.717, 1.165) is 25.7 Å². The highest BCUT2D eigenvalue weighted by Gasteiger charge is 2.25. The van der Waals surface area contributed by atoms with Crippen LogP contribution < -0.4 is 0 Å². The molecule has 0 aromatic heterocycles. The van der Waals surface area contributed by atoms with E-state index in [9.17, 15) is 5.11 Å². The Balaban J connectivity index is 2.45. The molecule has 0 amide bonds. The normalized spacial score (nSPS) is 31.2. The van der Waals surface area contributed by atoms with Crippen molar-refractivity contribution >= 4 is 11.6 Å². The molecule has 0 aromatic carbocycles. The van der Waals surface area contributed by atoms with Crippen molar-refractivity contribution in [3.63, 3.8) is 0 Å². The molecule has 0 spiro atoms. The topological polar surface area (TPSA) is 40.5 Å². The van der Waals surface area contributed by atoms with E-state index in [1.807, 2.05) is 0 Å². The molecule has 2 nitrogen and oxygen atoms in total. The second-order valence-corrected chi connectivity index (χ2v) is 5.90. The molecule has 102 valence electrons. The summed E-state index contributed by atoms with van der Waals surface area (Å²) in [6.45, 7) is -0.0245. The Morgan fingerprint density at radius 3 is 1.88 bits per heavy atom. The van der Waals surface area contributed by atoms with Gasteiger partial charge in [0.1, 0.15) is 0 Å². The molecule has 1 rings (SSSR count). The fourth-order valence-corrected chi connectivity index (χ4v) is 3.05. The van der Waals surface area contributed by atoms with Crippen LogP contribution >= 0.6 is 11.6 Å². The van der Waals surface area contributed by atoms with E-state index >= 15 is 0 Å². The van der Waals surface area contributed by atoms with Gasteiger partial charge in [-0.2, -0.15) is 0 Å². The van der Waals surface area contributed by atoms with Crippen LogP contribution in [0, 0.1) is 5.92 Å². The fourth-order valence-electron chi connectivity index (χ4n) is 2.76. The van der Waals surface area contributed by atoms with Gasteiger partial charge in [0, 0.05) is 5.92 Å². The van der Waals surface area contributed by atoms with Crippen LogP contribution in [0.25, 0.3) is 0 Å². The van der Waals surface area contributed by atoms with Crippen LogP contribution in [0.3, 0.4) is 0 Å². The zero-order chi connectivity index (χ0) is 12.5. The SMILES string of the molecule is OC[C@@H](Cl)[C@@H]1CCCCCCCCCC[C@H]1O. The molecule has 0 saturated heterocycles. The minimum Gasteiger partial charge on any atom is -0.395 e. The Morgan fingerprint density at radius 2 is 1.35 bits per heavy atom. The fraction of sp³-hybridized carbons (Fsp3) is 1.00. The van der Waals surface area contributed by atoms with Gasteiger partial charge in [0.2, 0.25) is 0 Å². The first-order chi connectivity index (χ1) is 8.25. The standard InChI is InChI=1S/C14H27ClO2/c15-13(11-16)12-9-7-5-3-1-2-4-6-8-10-14(12)17/h12-14,16-17H,1-11H2/t12-,13+,14+/m0/s1. The van der Waals surface area contributed by atoms with E-state index in [-0.39, 0.29) is 24.0 Å². The van der Waals surface area contributed by atoms with Gasteiger partial charge in [-0.3, -0.25) is 0 Å². The summed E-state index contributed by atoms with van der Waals surface area (Å²) in [5.74, 6) is 0.0705. The number of hydrogen-bond acceptors (Lipinski definition) is 2. The van der Waals surface area contributed by atoms with Gasteiger partial charge in [-0.05, 0) is 12.8 Å². The van der Waals surface area contributed by atoms with E-state index < -0.39 is 0 Å². The predicted molar refractivity (Wildman–Crippen MR) is 72.4 cm³/mol. The Hall–Kier alpha value is 0.210. The summed E-state index contributed by atoms with van der Waals surface area (Å²) >= 11 is 6.12. The van der Waals surface area contributed by atoms with Crippen LogP contribution in [-0.2, 0) is 0 Å². The van der Waals surface area contributed by atoms with E-state index in [0.29, 0.717) is 0 Å². The molecule has 1 aliphatic rings. The van der Waals surface area contributed by atoms with Gasteiger partial charge in [0.25, 0.3) is 0 Å². The number of aliphatic hydroxyl groups is 2. The average Bonchev–Trinajstić information content (AvgIpc) is 2.33. The Kier molecular flexibility index (Phi) is 8.25. The molecule has 1 aliphatic carbocycles. The molecule has 0 radical (unpaired) electrons. The van der Waals surface area contributed by atoms with Gasteiger partial charge >= 0.3 is 0 Å². The summed E-state index contributed by atoms with van der Waals surface area (Å²) in [7, 11) is 0. The first-order valence-electron chi connectivity index (χ1n) is 7.18. The van der Waals surface area contributed by atoms with E-state index in [2.05, 4.69) is 0 Å². The molecule has 17 heavy (non-hydrogen) atoms. The van der Waals surface area contributed by atoms with Gasteiger partial charge in [-0.25, -0.2) is 0 Å². The van der Waals surface area contributed by atoms with Crippen LogP contribution in [0.4, 0.5) is 0 Å². The Morgan fingerprint density at radius 1 is 0.882 bits per heavy atom. The molecule has 0 bridgehead atoms. The monoisotopic (exact) mass is 262 g/mol. The second-order valence-electron chi connectivity index (χ2n) is 5.34. The summed E-state index contributed by atoms with van der Waals surface area (Å²) in [4.78, 5) is 0. The van der Waals surface area contributed by atoms with E-state index in [4.69, 9.17) is 16.7 Å². The minimum absolute atomic E-state index is 0.0245. The number of rotatable bonds is 2. The maximum absolute atomic E-state index is 10.2. The van der Waals surface area contributed by atoms with Gasteiger partial charge in [-0.15, -0.1) is 11.6 Å². The molecule has 0 unspecified atom stereocenters. The third-order valence-electron chi connectivity index (χ3n) is 3.92. The second kappa shape index (κ2) is 9.18. The van der Waals surface area contributed by atoms with Crippen molar-refractivity contribution in [1.29, 1.82) is 0 Å². The van der Waals surface area contributed by atoms with Crippen molar-refractivity contribution in [3.8, 4) is 0 Å². The van der Waals surface area contributed by atoms with Gasteiger partial charge in [0.05, 0.1) is 18.1 Å². The van der Waals surface area contributed by atoms with Crippen molar-refractivity contribution in [2.75, 3.05) is 6.61 Å². The third kappa shape index (κ3) is 6.08. The van der Waals surface area contributed by atoms with Crippen molar-refractivity contribution in [1.82, 2.24) is 0 Å². The first kappa shape index (κ1) is 15.3. The minimum atomic E-state index is -0.330. The first-order valence-corrected chi connectivity index (χ1v) is 7.62. The molecule has 2 N–H and O–H groups in total. The highest BCUT2D eigenvalue weighted by Crippen LogP contribution is 2.26. The van der Waals surface area contributed by atoms with Crippen LogP contribution in [-0.4, -0.2) is 28.3 Å². The molecule has 0 aliphatic heterocycles. The molecular formula is C14H27ClO2. The lowest BCUT2D eigenvalue weighted by molar-refractivity contribution is 0.0753. The molecule has 3 heteroatoms. The van der Waals surface area contributed by atoms with Crippen LogP contribution in [0.2, 0.25) is 0 Å². The molecule has 0 heterocycles. The third-order valence-corrected chi connectivity index (χ3v) is 4.38. The van der Waals surface area contributed by atoms with Crippen molar-refractivity contribution in [2.24, 2.45) is 5.92 Å². The summed E-state index contributed by atoms with van der Waals surface area (Å²) < 4.78 is 0. The van der Waals surface area contributed by atoms with Gasteiger partial charge < -0.3 is 10.2 Å². The predicted octanol–water partition coefficient (Wildman–Crippen LogP) is 3.48. The van der Waals surface area contributed by atoms with E-state index in [1.165, 1.54) is 38.5 Å². The lowest BCUT2D eigenvalue weighted by Crippen LogP contribution is -2.31. The lowest BCUT2D eigenvalue weighted by atomic mass is 9.88. The highest BCUT2D eigenvalue weighted by molar-refractivity contribution is 6.20. The van der Waals surface area contributed by atoms with Gasteiger partial charge in [-0.1, -0.05) is 51.4 Å². The largest absolute Gasteiger partial charge is 0.395 e. The zero-order valence-electron chi connectivity index (χ0n) is 10.8. The van der Waals surface area contributed by atoms with Crippen LogP contribution in [0.5, 0.6) is 0 Å². The zero-order valence-corrected chi connectivity index (χ0v) is 11.5. The van der Waals surface area contributed by atoms with E-state index in [1.54, 1.807) is 0 Å². The lowest BCUT2D eigenvalue weighted by Gasteiger charge is -2.26. The van der Waals surface area contributed by atoms with Crippen molar-refractivity contribution < 1.29 is 10.2 Å². The molecule has 3 atom stereocenters. The van der Waals surface area contributed by atoms with Crippen LogP contribution in [0.1, 0.15) is 64.2 Å². The van der Waals surface area contributed by atoms with Crippen molar-refractivity contribution in [3.05, 3.63) is 0 Å². The quantitative estimate of drug-likeness (QED) is 0.748. The summed E-state index contributed by atoms with van der Waals surface area (Å²) in [5.41, 5.74) is 0. The van der Waals surface area contributed by atoms with Crippen molar-refractivity contribution in [2.45, 2.75) is 75.7 Å². The Labute approximate surface area is 110 Å². The Bertz CT molecular complexity index is 187. The number of aliphatic hydroxyl groups excluding tert-OH is 2. The molecule has 1 fully saturated rings. The number of hydrogen-bond donors (Lipinski definition) is 2. The smallest absolute Gasteiger partial charge is 0.0619 e. The highest BCUT2D eigenvalue weighted by atomic mass is 35.5. The molecular weight excluding hydrogens is 236 g/mol. The number of halogens is 1.